The fraction of sp³-hybridized carbons (Fsp3) is 1.00. The van der Waals surface area contributed by atoms with Crippen molar-refractivity contribution in [2.24, 2.45) is 0 Å². The molecule has 0 aromatic rings. The van der Waals surface area contributed by atoms with Crippen molar-refractivity contribution in [2.45, 2.75) is 184 Å². The highest BCUT2D eigenvalue weighted by molar-refractivity contribution is 4.99. The van der Waals surface area contributed by atoms with Crippen molar-refractivity contribution in [2.75, 3.05) is 39.6 Å². The van der Waals surface area contributed by atoms with Gasteiger partial charge in [0.15, 0.2) is 37.7 Å². The monoisotopic (exact) mass is 972 g/mol. The Morgan fingerprint density at radius 3 is 1.27 bits per heavy atom. The molecule has 0 aromatic heterocycles. The zero-order chi connectivity index (χ0) is 48.0. The molecule has 7 saturated heterocycles. The molecule has 30 nitrogen and oxygen atoms in total. The Morgan fingerprint density at radius 2 is 0.758 bits per heavy atom. The van der Waals surface area contributed by atoms with E-state index >= 15 is 0 Å². The maximum Gasteiger partial charge on any atom is 0.187 e. The second-order valence-electron chi connectivity index (χ2n) is 17.0. The van der Waals surface area contributed by atoms with E-state index in [1.54, 1.807) is 0 Å². The normalized spacial score (nSPS) is 55.4. The highest BCUT2D eigenvalue weighted by Crippen LogP contribution is 2.36. The van der Waals surface area contributed by atoms with E-state index in [1.165, 1.54) is 0 Å². The number of rotatable bonds is 8. The predicted octanol–water partition coefficient (Wildman–Crippen LogP) is -13.1. The third-order valence-electron chi connectivity index (χ3n) is 12.6. The lowest BCUT2D eigenvalue weighted by atomic mass is 9.95. The molecule has 30 atom stereocenters. The number of aliphatic hydroxyl groups excluding tert-OH is 18. The van der Waals surface area contributed by atoms with Crippen LogP contribution in [0.5, 0.6) is 0 Å². The van der Waals surface area contributed by atoms with E-state index < -0.39 is 224 Å². The Morgan fingerprint density at radius 1 is 0.333 bits per heavy atom. The van der Waals surface area contributed by atoms with Crippen molar-refractivity contribution in [1.29, 1.82) is 0 Å². The first kappa shape index (κ1) is 52.6. The van der Waals surface area contributed by atoms with Crippen LogP contribution in [0.25, 0.3) is 0 Å². The van der Waals surface area contributed by atoms with Crippen LogP contribution in [0, 0.1) is 0 Å². The topological polar surface area (TPSA) is 475 Å². The predicted molar refractivity (Wildman–Crippen MR) is 196 cm³/mol. The number of ether oxygens (including phenoxy) is 12. The molecule has 7 heterocycles. The van der Waals surface area contributed by atoms with Crippen molar-refractivity contribution in [1.82, 2.24) is 0 Å². The van der Waals surface area contributed by atoms with Crippen LogP contribution < -0.4 is 0 Å². The van der Waals surface area contributed by atoms with E-state index in [-0.39, 0.29) is 0 Å². The average Bonchev–Trinajstić information content (AvgIpc) is 3.30. The number of hydrogen-bond acceptors (Lipinski definition) is 30. The maximum atomic E-state index is 11.7. The Labute approximate surface area is 372 Å². The number of fused-ring (bicyclic) bond motifs is 8. The summed E-state index contributed by atoms with van der Waals surface area (Å²) in [5, 5.41) is 193. The van der Waals surface area contributed by atoms with Gasteiger partial charge in [-0.2, -0.15) is 0 Å². The van der Waals surface area contributed by atoms with Crippen LogP contribution >= 0.6 is 0 Å². The van der Waals surface area contributed by atoms with E-state index in [0.29, 0.717) is 0 Å². The summed E-state index contributed by atoms with van der Waals surface area (Å²) in [4.78, 5) is 0. The molecule has 0 aromatic carbocycles. The van der Waals surface area contributed by atoms with Crippen LogP contribution in [0.3, 0.4) is 0 Å². The molecule has 8 bridgehead atoms. The van der Waals surface area contributed by atoms with Crippen LogP contribution in [0.4, 0.5) is 0 Å². The summed E-state index contributed by atoms with van der Waals surface area (Å²) in [6.07, 6.45) is -57.0. The minimum absolute atomic E-state index is 0.789. The van der Waals surface area contributed by atoms with E-state index in [4.69, 9.17) is 56.8 Å². The van der Waals surface area contributed by atoms with Crippen LogP contribution in [-0.4, -0.2) is 316 Å². The molecule has 0 saturated carbocycles. The Kier molecular flexibility index (Phi) is 17.6. The average molecular weight is 973 g/mol. The molecule has 7 rings (SSSR count). The van der Waals surface area contributed by atoms with Gasteiger partial charge in [-0.25, -0.2) is 0 Å². The van der Waals surface area contributed by atoms with Crippen LogP contribution in [0.1, 0.15) is 0 Å². The van der Waals surface area contributed by atoms with E-state index in [1.807, 2.05) is 0 Å². The van der Waals surface area contributed by atoms with Gasteiger partial charge in [-0.15, -0.1) is 0 Å². The van der Waals surface area contributed by atoms with E-state index in [2.05, 4.69) is 0 Å². The zero-order valence-corrected chi connectivity index (χ0v) is 34.5. The van der Waals surface area contributed by atoms with Gasteiger partial charge in [-0.05, 0) is 0 Å². The SMILES string of the molecule is OC[C@H]1O[C@H](OC[C@H]2O[C@H](O[C@H]3[C@H](O)[C@@H]4O[C@@H]5[C@@H](O)[C@@H](OC[C@H]6O[C@H](O[C@@H]7[C@@H](O)[C@@H](OC[C@H](O4)[C@@H]3O)O[C@H](CO)[C@H]7O)[C@H](O)[C@@H](O)[C@@H]6O)O[C@H](CO)[C@H]5O)[C@H](O)[C@@H](O)[C@@H]2O)[C@H](O)[C@@H](O)[C@@H]1O. The first-order valence-electron chi connectivity index (χ1n) is 21.1. The molecule has 0 aliphatic carbocycles. The van der Waals surface area contributed by atoms with Crippen LogP contribution in [-0.2, 0) is 56.8 Å². The standard InChI is InChI=1S/C36H60O30/c37-1-7-13(40)19(46)22(49)31(58-7)55-4-10-14(41)20(47)24(51)35(61-10)65-30-18(45)12-6-57-33-25(52)28(16(43)8(2-38)60-33)64-34-23(50)21(48)15(42)11(62-34)5-56-32-26(53)29(17(44)9(3-39)59-32)66-36(63-12)27(30)54/h7-54H,1-6H2/t7-,8-,9-,10-,11-,12+,13-,14-,15-,16-,17-,18+,19+,20+,21+,22-,23-,24-,25-,26-,27+,28+,29+,30-,31+,32+,33+,34-,35-,36+/m1/s1. The van der Waals surface area contributed by atoms with Crippen molar-refractivity contribution in [3.05, 3.63) is 0 Å². The van der Waals surface area contributed by atoms with Crippen LogP contribution in [0.15, 0.2) is 0 Å². The maximum absolute atomic E-state index is 11.7. The summed E-state index contributed by atoms with van der Waals surface area (Å²) in [5.41, 5.74) is 0. The Balaban J connectivity index is 1.16. The highest BCUT2D eigenvalue weighted by Gasteiger charge is 2.57. The summed E-state index contributed by atoms with van der Waals surface area (Å²) >= 11 is 0. The summed E-state index contributed by atoms with van der Waals surface area (Å²) in [6.45, 7) is -5.13. The first-order valence-corrected chi connectivity index (χ1v) is 21.1. The number of aliphatic hydroxyl groups is 18. The van der Waals surface area contributed by atoms with Gasteiger partial charge in [-0.3, -0.25) is 0 Å². The summed E-state index contributed by atoms with van der Waals surface area (Å²) in [5.74, 6) is 0. The largest absolute Gasteiger partial charge is 0.394 e. The molecule has 7 aliphatic heterocycles. The zero-order valence-electron chi connectivity index (χ0n) is 34.5. The van der Waals surface area contributed by atoms with Gasteiger partial charge in [0, 0.05) is 0 Å². The minimum Gasteiger partial charge on any atom is -0.394 e. The molecule has 0 spiro atoms. The minimum atomic E-state index is -2.22. The van der Waals surface area contributed by atoms with Gasteiger partial charge in [0.1, 0.15) is 146 Å². The first-order chi connectivity index (χ1) is 31.3. The van der Waals surface area contributed by atoms with E-state index in [9.17, 15) is 91.9 Å². The van der Waals surface area contributed by atoms with Crippen molar-refractivity contribution < 1.29 is 149 Å². The molecule has 30 heteroatoms. The van der Waals surface area contributed by atoms with Gasteiger partial charge in [-0.1, -0.05) is 0 Å². The van der Waals surface area contributed by atoms with Crippen molar-refractivity contribution in [3.63, 3.8) is 0 Å². The Bertz CT molecular complexity index is 1520. The van der Waals surface area contributed by atoms with Crippen molar-refractivity contribution in [3.8, 4) is 0 Å². The lowest BCUT2D eigenvalue weighted by molar-refractivity contribution is -0.394. The third kappa shape index (κ3) is 10.4. The molecule has 18 N–H and O–H groups in total. The van der Waals surface area contributed by atoms with Gasteiger partial charge in [0.2, 0.25) is 0 Å². The molecule has 0 unspecified atom stereocenters. The number of hydrogen-bond donors (Lipinski definition) is 18. The van der Waals surface area contributed by atoms with Crippen LogP contribution in [0.2, 0.25) is 0 Å². The summed E-state index contributed by atoms with van der Waals surface area (Å²) in [6, 6.07) is 0. The molecule has 0 amide bonds. The molecule has 0 radical (unpaired) electrons. The Hall–Kier alpha value is -1.20. The molecule has 66 heavy (non-hydrogen) atoms. The molecule has 384 valence electrons. The van der Waals surface area contributed by atoms with Gasteiger partial charge in [0.05, 0.1) is 39.6 Å². The highest BCUT2D eigenvalue weighted by atomic mass is 16.8. The van der Waals surface area contributed by atoms with Crippen molar-refractivity contribution >= 4 is 0 Å². The van der Waals surface area contributed by atoms with E-state index in [0.717, 1.165) is 0 Å². The second kappa shape index (κ2) is 22.1. The molecule has 7 fully saturated rings. The summed E-state index contributed by atoms with van der Waals surface area (Å²) in [7, 11) is 0. The molecular weight excluding hydrogens is 912 g/mol. The summed E-state index contributed by atoms with van der Waals surface area (Å²) < 4.78 is 67.7. The lowest BCUT2D eigenvalue weighted by Gasteiger charge is -2.49. The second-order valence-corrected chi connectivity index (χ2v) is 17.0. The van der Waals surface area contributed by atoms with Gasteiger partial charge < -0.3 is 149 Å². The third-order valence-corrected chi connectivity index (χ3v) is 12.6. The fourth-order valence-electron chi connectivity index (χ4n) is 8.59. The van der Waals surface area contributed by atoms with Gasteiger partial charge in [0.25, 0.3) is 0 Å². The molecule has 7 aliphatic rings. The lowest BCUT2D eigenvalue weighted by Crippen LogP contribution is -2.68. The molecular formula is C36H60O30. The van der Waals surface area contributed by atoms with Gasteiger partial charge >= 0.3 is 0 Å². The fourth-order valence-corrected chi connectivity index (χ4v) is 8.59. The smallest absolute Gasteiger partial charge is 0.187 e. The quantitative estimate of drug-likeness (QED) is 0.107.